The van der Waals surface area contributed by atoms with Gasteiger partial charge in [0.25, 0.3) is 0 Å². The first-order valence-electron chi connectivity index (χ1n) is 9.81. The Hall–Kier alpha value is -3.99. The van der Waals surface area contributed by atoms with Crippen LogP contribution in [0.2, 0.25) is 0 Å². The van der Waals surface area contributed by atoms with Crippen molar-refractivity contribution in [2.24, 2.45) is 0 Å². The second-order valence-electron chi connectivity index (χ2n) is 7.10. The number of hydrogen-bond acceptors (Lipinski definition) is 4. The maximum Gasteiger partial charge on any atom is 0.130 e. The lowest BCUT2D eigenvalue weighted by molar-refractivity contribution is 0.302. The van der Waals surface area contributed by atoms with Gasteiger partial charge in [-0.3, -0.25) is 4.98 Å². The number of aryl methyl sites for hydroxylation is 1. The molecule has 2 aromatic carbocycles. The van der Waals surface area contributed by atoms with Crippen LogP contribution in [0.5, 0.6) is 5.75 Å². The summed E-state index contributed by atoms with van der Waals surface area (Å²) in [6.45, 7) is 2.42. The van der Waals surface area contributed by atoms with E-state index < -0.39 is 0 Å². The molecule has 146 valence electrons. The fourth-order valence-corrected chi connectivity index (χ4v) is 3.45. The van der Waals surface area contributed by atoms with Gasteiger partial charge in [-0.15, -0.1) is 0 Å². The first kappa shape index (κ1) is 18.1. The number of pyridine rings is 2. The smallest absolute Gasteiger partial charge is 0.130 e. The van der Waals surface area contributed by atoms with Crippen molar-refractivity contribution in [2.45, 2.75) is 13.5 Å². The number of para-hydroxylation sites is 1. The SMILES string of the molecule is Cc1cc(-c2ccncc2)n(-c2ccc(OCc3ccc4ccccc4n3)cc2)n1. The van der Waals surface area contributed by atoms with Crippen LogP contribution in [0.4, 0.5) is 0 Å². The Morgan fingerprint density at radius 3 is 2.50 bits per heavy atom. The van der Waals surface area contributed by atoms with E-state index in [1.807, 2.05) is 72.3 Å². The van der Waals surface area contributed by atoms with E-state index in [1.54, 1.807) is 12.4 Å². The molecule has 0 N–H and O–H groups in total. The number of nitrogens with zero attached hydrogens (tertiary/aromatic N) is 4. The summed E-state index contributed by atoms with van der Waals surface area (Å²) < 4.78 is 7.90. The zero-order valence-electron chi connectivity index (χ0n) is 16.6. The van der Waals surface area contributed by atoms with Crippen LogP contribution in [0, 0.1) is 6.92 Å². The molecule has 0 spiro atoms. The molecule has 0 amide bonds. The highest BCUT2D eigenvalue weighted by Crippen LogP contribution is 2.25. The predicted molar refractivity (Wildman–Crippen MR) is 118 cm³/mol. The molecule has 0 fully saturated rings. The lowest BCUT2D eigenvalue weighted by Crippen LogP contribution is -2.01. The molecule has 0 aliphatic carbocycles. The van der Waals surface area contributed by atoms with E-state index in [2.05, 4.69) is 33.3 Å². The standard InChI is InChI=1S/C25H20N4O/c1-18-16-25(20-12-14-26-15-13-20)29(28-18)22-8-10-23(11-9-22)30-17-21-7-6-19-4-2-3-5-24(19)27-21/h2-16H,17H2,1H3. The molecule has 3 aromatic heterocycles. The predicted octanol–water partition coefficient (Wildman–Crippen LogP) is 5.37. The molecular formula is C25H20N4O. The van der Waals surface area contributed by atoms with Crippen LogP contribution >= 0.6 is 0 Å². The fourth-order valence-electron chi connectivity index (χ4n) is 3.45. The summed E-state index contributed by atoms with van der Waals surface area (Å²) in [6.07, 6.45) is 3.58. The van der Waals surface area contributed by atoms with Crippen molar-refractivity contribution in [3.63, 3.8) is 0 Å². The highest BCUT2D eigenvalue weighted by Gasteiger charge is 2.10. The third kappa shape index (κ3) is 3.65. The second kappa shape index (κ2) is 7.79. The summed E-state index contributed by atoms with van der Waals surface area (Å²) in [6, 6.07) is 26.2. The van der Waals surface area contributed by atoms with E-state index >= 15 is 0 Å². The first-order valence-corrected chi connectivity index (χ1v) is 9.81. The Bertz CT molecular complexity index is 1290. The lowest BCUT2D eigenvalue weighted by Gasteiger charge is -2.10. The second-order valence-corrected chi connectivity index (χ2v) is 7.10. The summed E-state index contributed by atoms with van der Waals surface area (Å²) in [4.78, 5) is 8.76. The van der Waals surface area contributed by atoms with Crippen molar-refractivity contribution in [1.29, 1.82) is 0 Å². The van der Waals surface area contributed by atoms with E-state index in [4.69, 9.17) is 4.74 Å². The van der Waals surface area contributed by atoms with Gasteiger partial charge in [-0.05, 0) is 61.5 Å². The van der Waals surface area contributed by atoms with Crippen LogP contribution in [0.25, 0.3) is 27.8 Å². The van der Waals surface area contributed by atoms with Crippen molar-refractivity contribution in [3.8, 4) is 22.7 Å². The van der Waals surface area contributed by atoms with Crippen LogP contribution in [-0.2, 0) is 6.61 Å². The Kier molecular flexibility index (Phi) is 4.69. The molecule has 5 aromatic rings. The van der Waals surface area contributed by atoms with Gasteiger partial charge < -0.3 is 4.74 Å². The molecule has 0 radical (unpaired) electrons. The van der Waals surface area contributed by atoms with Crippen LogP contribution in [0.1, 0.15) is 11.4 Å². The van der Waals surface area contributed by atoms with Crippen LogP contribution in [0.3, 0.4) is 0 Å². The third-order valence-corrected chi connectivity index (χ3v) is 4.93. The average molecular weight is 392 g/mol. The van der Waals surface area contributed by atoms with E-state index in [0.29, 0.717) is 6.61 Å². The van der Waals surface area contributed by atoms with Crippen molar-refractivity contribution in [3.05, 3.63) is 103 Å². The summed E-state index contributed by atoms with van der Waals surface area (Å²) in [7, 11) is 0. The van der Waals surface area contributed by atoms with E-state index in [1.165, 1.54) is 0 Å². The zero-order chi connectivity index (χ0) is 20.3. The van der Waals surface area contributed by atoms with E-state index in [0.717, 1.165) is 45.0 Å². The number of fused-ring (bicyclic) bond motifs is 1. The Morgan fingerprint density at radius 2 is 1.67 bits per heavy atom. The van der Waals surface area contributed by atoms with Gasteiger partial charge in [0, 0.05) is 23.3 Å². The van der Waals surface area contributed by atoms with Gasteiger partial charge >= 0.3 is 0 Å². The molecule has 5 heteroatoms. The maximum atomic E-state index is 5.95. The Labute approximate surface area is 174 Å². The summed E-state index contributed by atoms with van der Waals surface area (Å²) in [5.74, 6) is 0.794. The molecule has 30 heavy (non-hydrogen) atoms. The van der Waals surface area contributed by atoms with Gasteiger partial charge in [0.05, 0.1) is 28.3 Å². The minimum Gasteiger partial charge on any atom is -0.487 e. The number of benzene rings is 2. The lowest BCUT2D eigenvalue weighted by atomic mass is 10.2. The van der Waals surface area contributed by atoms with E-state index in [-0.39, 0.29) is 0 Å². The fraction of sp³-hybridized carbons (Fsp3) is 0.0800. The monoisotopic (exact) mass is 392 g/mol. The number of ether oxygens (including phenoxy) is 1. The number of hydrogen-bond donors (Lipinski definition) is 0. The van der Waals surface area contributed by atoms with Crippen LogP contribution in [-0.4, -0.2) is 19.7 Å². The molecule has 0 saturated carbocycles. The van der Waals surface area contributed by atoms with Gasteiger partial charge in [-0.1, -0.05) is 24.3 Å². The van der Waals surface area contributed by atoms with Gasteiger partial charge in [0.1, 0.15) is 12.4 Å². The zero-order valence-corrected chi connectivity index (χ0v) is 16.6. The largest absolute Gasteiger partial charge is 0.487 e. The quantitative estimate of drug-likeness (QED) is 0.403. The van der Waals surface area contributed by atoms with Crippen LogP contribution in [0.15, 0.2) is 91.3 Å². The summed E-state index contributed by atoms with van der Waals surface area (Å²) in [5.41, 5.74) is 5.93. The van der Waals surface area contributed by atoms with Crippen molar-refractivity contribution in [2.75, 3.05) is 0 Å². The summed E-state index contributed by atoms with van der Waals surface area (Å²) >= 11 is 0. The minimum atomic E-state index is 0.424. The molecule has 0 unspecified atom stereocenters. The normalized spacial score (nSPS) is 11.0. The van der Waals surface area contributed by atoms with Crippen LogP contribution < -0.4 is 4.74 Å². The number of aromatic nitrogens is 4. The first-order chi connectivity index (χ1) is 14.8. The van der Waals surface area contributed by atoms with Gasteiger partial charge in [0.2, 0.25) is 0 Å². The average Bonchev–Trinajstić information content (AvgIpc) is 3.20. The molecule has 0 aliphatic heterocycles. The molecule has 5 rings (SSSR count). The molecule has 0 bridgehead atoms. The molecule has 0 aliphatic rings. The molecule has 3 heterocycles. The summed E-state index contributed by atoms with van der Waals surface area (Å²) in [5, 5.41) is 5.78. The van der Waals surface area contributed by atoms with Gasteiger partial charge in [-0.25, -0.2) is 9.67 Å². The van der Waals surface area contributed by atoms with Crippen molar-refractivity contribution in [1.82, 2.24) is 19.7 Å². The molecular weight excluding hydrogens is 372 g/mol. The Balaban J connectivity index is 1.35. The minimum absolute atomic E-state index is 0.424. The highest BCUT2D eigenvalue weighted by molar-refractivity contribution is 5.78. The van der Waals surface area contributed by atoms with Gasteiger partial charge in [0.15, 0.2) is 0 Å². The molecule has 0 saturated heterocycles. The maximum absolute atomic E-state index is 5.95. The van der Waals surface area contributed by atoms with Gasteiger partial charge in [-0.2, -0.15) is 5.10 Å². The molecule has 0 atom stereocenters. The van der Waals surface area contributed by atoms with Crippen molar-refractivity contribution < 1.29 is 4.74 Å². The highest BCUT2D eigenvalue weighted by atomic mass is 16.5. The Morgan fingerprint density at radius 1 is 0.867 bits per heavy atom. The van der Waals surface area contributed by atoms with E-state index in [9.17, 15) is 0 Å². The number of rotatable bonds is 5. The third-order valence-electron chi connectivity index (χ3n) is 4.93. The molecule has 5 nitrogen and oxygen atoms in total. The van der Waals surface area contributed by atoms with Crippen molar-refractivity contribution >= 4 is 10.9 Å². The topological polar surface area (TPSA) is 52.8 Å².